The number of nitrogens with one attached hydrogen (secondary N) is 1. The average Bonchev–Trinajstić information content (AvgIpc) is 2.57. The van der Waals surface area contributed by atoms with Crippen LogP contribution in [0.5, 0.6) is 5.75 Å². The summed E-state index contributed by atoms with van der Waals surface area (Å²) in [5.41, 5.74) is 4.19. The lowest BCUT2D eigenvalue weighted by atomic mass is 9.91. The Kier molecular flexibility index (Phi) is 4.87. The highest BCUT2D eigenvalue weighted by Gasteiger charge is 2.15. The van der Waals surface area contributed by atoms with Crippen LogP contribution in [-0.4, -0.2) is 12.5 Å². The Bertz CT molecular complexity index is 727. The number of ether oxygens (including phenoxy) is 1. The Morgan fingerprint density at radius 3 is 2.83 bits per heavy atom. The van der Waals surface area contributed by atoms with E-state index in [4.69, 9.17) is 16.3 Å². The minimum atomic E-state index is -0.177. The molecule has 2 aromatic carbocycles. The lowest BCUT2D eigenvalue weighted by molar-refractivity contribution is -0.118. The van der Waals surface area contributed by atoms with Gasteiger partial charge in [0.25, 0.3) is 5.91 Å². The molecular formula is C19H20ClNO2. The van der Waals surface area contributed by atoms with Gasteiger partial charge in [0.2, 0.25) is 0 Å². The van der Waals surface area contributed by atoms with Gasteiger partial charge in [-0.15, -0.1) is 0 Å². The van der Waals surface area contributed by atoms with Crippen LogP contribution in [0, 0.1) is 6.92 Å². The van der Waals surface area contributed by atoms with E-state index >= 15 is 0 Å². The molecule has 0 fully saturated rings. The summed E-state index contributed by atoms with van der Waals surface area (Å²) in [6.07, 6.45) is 4.53. The smallest absolute Gasteiger partial charge is 0.262 e. The average molecular weight is 330 g/mol. The predicted molar refractivity (Wildman–Crippen MR) is 93.4 cm³/mol. The van der Waals surface area contributed by atoms with Crippen LogP contribution in [0.1, 0.15) is 29.5 Å². The molecule has 1 aliphatic rings. The van der Waals surface area contributed by atoms with E-state index in [1.54, 1.807) is 6.07 Å². The van der Waals surface area contributed by atoms with Crippen molar-refractivity contribution in [1.29, 1.82) is 0 Å². The van der Waals surface area contributed by atoms with Crippen LogP contribution >= 0.6 is 11.6 Å². The van der Waals surface area contributed by atoms with Crippen LogP contribution in [0.25, 0.3) is 0 Å². The van der Waals surface area contributed by atoms with E-state index in [2.05, 4.69) is 11.4 Å². The summed E-state index contributed by atoms with van der Waals surface area (Å²) in [4.78, 5) is 12.1. The first-order valence-electron chi connectivity index (χ1n) is 7.93. The van der Waals surface area contributed by atoms with Crippen molar-refractivity contribution in [3.8, 4) is 5.75 Å². The number of carbonyl (C=O) groups is 1. The third kappa shape index (κ3) is 3.67. The second-order valence-corrected chi connectivity index (χ2v) is 6.26. The molecule has 0 aliphatic heterocycles. The second-order valence-electron chi connectivity index (χ2n) is 5.85. The van der Waals surface area contributed by atoms with Gasteiger partial charge in [-0.25, -0.2) is 0 Å². The molecule has 2 aromatic rings. The van der Waals surface area contributed by atoms with E-state index in [1.807, 2.05) is 31.2 Å². The van der Waals surface area contributed by atoms with Gasteiger partial charge in [-0.3, -0.25) is 4.79 Å². The maximum Gasteiger partial charge on any atom is 0.262 e. The van der Waals surface area contributed by atoms with Crippen LogP contribution in [0.2, 0.25) is 5.02 Å². The molecule has 0 bridgehead atoms. The normalized spacial score (nSPS) is 13.3. The largest absolute Gasteiger partial charge is 0.483 e. The van der Waals surface area contributed by atoms with E-state index in [1.165, 1.54) is 24.0 Å². The van der Waals surface area contributed by atoms with Crippen molar-refractivity contribution in [2.75, 3.05) is 11.9 Å². The molecule has 0 spiro atoms. The monoisotopic (exact) mass is 329 g/mol. The van der Waals surface area contributed by atoms with Crippen molar-refractivity contribution >= 4 is 23.2 Å². The molecule has 0 radical (unpaired) electrons. The SMILES string of the molecule is Cc1c(Cl)cccc1NC(=O)COc1cccc2c1CCCC2. The molecule has 3 nitrogen and oxygen atoms in total. The Morgan fingerprint density at radius 1 is 1.17 bits per heavy atom. The molecule has 4 heteroatoms. The number of amides is 1. The molecular weight excluding hydrogens is 310 g/mol. The Balaban J connectivity index is 1.65. The van der Waals surface area contributed by atoms with Gasteiger partial charge in [0.1, 0.15) is 5.75 Å². The van der Waals surface area contributed by atoms with Gasteiger partial charge in [-0.1, -0.05) is 29.8 Å². The van der Waals surface area contributed by atoms with Crippen molar-refractivity contribution in [2.45, 2.75) is 32.6 Å². The van der Waals surface area contributed by atoms with Crippen LogP contribution in [0.3, 0.4) is 0 Å². The number of halogens is 1. The molecule has 0 atom stereocenters. The number of hydrogen-bond acceptors (Lipinski definition) is 2. The summed E-state index contributed by atoms with van der Waals surface area (Å²) < 4.78 is 5.76. The summed E-state index contributed by atoms with van der Waals surface area (Å²) in [7, 11) is 0. The van der Waals surface area contributed by atoms with E-state index in [0.717, 1.165) is 29.8 Å². The summed E-state index contributed by atoms with van der Waals surface area (Å²) in [5, 5.41) is 3.49. The van der Waals surface area contributed by atoms with E-state index in [0.29, 0.717) is 5.02 Å². The number of fused-ring (bicyclic) bond motifs is 1. The maximum atomic E-state index is 12.1. The summed E-state index contributed by atoms with van der Waals surface area (Å²) in [6.45, 7) is 1.88. The molecule has 1 aliphatic carbocycles. The van der Waals surface area contributed by atoms with Gasteiger partial charge < -0.3 is 10.1 Å². The van der Waals surface area contributed by atoms with Crippen molar-refractivity contribution in [3.05, 3.63) is 58.1 Å². The van der Waals surface area contributed by atoms with Crippen molar-refractivity contribution < 1.29 is 9.53 Å². The van der Waals surface area contributed by atoms with E-state index in [9.17, 15) is 4.79 Å². The molecule has 0 unspecified atom stereocenters. The third-order valence-corrected chi connectivity index (χ3v) is 4.66. The van der Waals surface area contributed by atoms with Gasteiger partial charge in [0.05, 0.1) is 0 Å². The molecule has 0 aromatic heterocycles. The van der Waals surface area contributed by atoms with Crippen molar-refractivity contribution in [2.24, 2.45) is 0 Å². The summed E-state index contributed by atoms with van der Waals surface area (Å²) >= 11 is 6.07. The molecule has 0 saturated carbocycles. The topological polar surface area (TPSA) is 38.3 Å². The van der Waals surface area contributed by atoms with Gasteiger partial charge in [0.15, 0.2) is 6.61 Å². The zero-order valence-corrected chi connectivity index (χ0v) is 14.0. The second kappa shape index (κ2) is 7.05. The zero-order valence-electron chi connectivity index (χ0n) is 13.2. The number of hydrogen-bond donors (Lipinski definition) is 1. The molecule has 3 rings (SSSR count). The standard InChI is InChI=1S/C19H20ClNO2/c1-13-16(20)9-5-10-17(13)21-19(22)12-23-18-11-4-7-14-6-2-3-8-15(14)18/h4-5,7,9-11H,2-3,6,8,12H2,1H3,(H,21,22). The van der Waals surface area contributed by atoms with Crippen LogP contribution < -0.4 is 10.1 Å². The summed E-state index contributed by atoms with van der Waals surface area (Å²) in [6, 6.07) is 11.6. The van der Waals surface area contributed by atoms with Crippen LogP contribution in [-0.2, 0) is 17.6 Å². The lowest BCUT2D eigenvalue weighted by Crippen LogP contribution is -2.21. The number of carbonyl (C=O) groups excluding carboxylic acids is 1. The van der Waals surface area contributed by atoms with Gasteiger partial charge in [-0.05, 0) is 67.5 Å². The van der Waals surface area contributed by atoms with Crippen molar-refractivity contribution in [3.63, 3.8) is 0 Å². The summed E-state index contributed by atoms with van der Waals surface area (Å²) in [5.74, 6) is 0.656. The highest BCUT2D eigenvalue weighted by molar-refractivity contribution is 6.31. The van der Waals surface area contributed by atoms with Crippen LogP contribution in [0.4, 0.5) is 5.69 Å². The number of rotatable bonds is 4. The first kappa shape index (κ1) is 15.9. The minimum absolute atomic E-state index is 0.00239. The van der Waals surface area contributed by atoms with E-state index in [-0.39, 0.29) is 12.5 Å². The molecule has 23 heavy (non-hydrogen) atoms. The first-order valence-corrected chi connectivity index (χ1v) is 8.31. The number of anilines is 1. The fraction of sp³-hybridized carbons (Fsp3) is 0.316. The Labute approximate surface area is 141 Å². The zero-order chi connectivity index (χ0) is 16.2. The third-order valence-electron chi connectivity index (χ3n) is 4.25. The van der Waals surface area contributed by atoms with Gasteiger partial charge >= 0.3 is 0 Å². The Hall–Kier alpha value is -2.00. The highest BCUT2D eigenvalue weighted by Crippen LogP contribution is 2.29. The molecule has 1 amide bonds. The quantitative estimate of drug-likeness (QED) is 0.894. The highest BCUT2D eigenvalue weighted by atomic mass is 35.5. The fourth-order valence-electron chi connectivity index (χ4n) is 2.95. The molecule has 0 heterocycles. The fourth-order valence-corrected chi connectivity index (χ4v) is 3.13. The lowest BCUT2D eigenvalue weighted by Gasteiger charge is -2.19. The first-order chi connectivity index (χ1) is 11.1. The minimum Gasteiger partial charge on any atom is -0.483 e. The van der Waals surface area contributed by atoms with Gasteiger partial charge in [-0.2, -0.15) is 0 Å². The maximum absolute atomic E-state index is 12.1. The van der Waals surface area contributed by atoms with E-state index < -0.39 is 0 Å². The Morgan fingerprint density at radius 2 is 1.96 bits per heavy atom. The van der Waals surface area contributed by atoms with Gasteiger partial charge in [0, 0.05) is 10.7 Å². The van der Waals surface area contributed by atoms with Crippen molar-refractivity contribution in [1.82, 2.24) is 0 Å². The number of aryl methyl sites for hydroxylation is 1. The molecule has 0 saturated heterocycles. The predicted octanol–water partition coefficient (Wildman–Crippen LogP) is 4.54. The molecule has 1 N–H and O–H groups in total. The number of benzene rings is 2. The van der Waals surface area contributed by atoms with Crippen LogP contribution in [0.15, 0.2) is 36.4 Å². The molecule has 120 valence electrons.